The van der Waals surface area contributed by atoms with Gasteiger partial charge >= 0.3 is 12.2 Å². The monoisotopic (exact) mass is 447 g/mol. The highest BCUT2D eigenvalue weighted by molar-refractivity contribution is 5.81. The first-order valence-electron chi connectivity index (χ1n) is 12.3. The number of rotatable bonds is 2. The van der Waals surface area contributed by atoms with Crippen LogP contribution in [0.2, 0.25) is 0 Å². The Balaban J connectivity index is 1.23. The van der Waals surface area contributed by atoms with E-state index in [0.717, 1.165) is 51.4 Å². The van der Waals surface area contributed by atoms with Crippen molar-refractivity contribution >= 4 is 18.1 Å². The van der Waals surface area contributed by atoms with Gasteiger partial charge in [-0.25, -0.2) is 9.59 Å². The molecule has 8 nitrogen and oxygen atoms in total. The molecule has 0 aromatic heterocycles. The van der Waals surface area contributed by atoms with Crippen LogP contribution in [0.15, 0.2) is 0 Å². The van der Waals surface area contributed by atoms with Gasteiger partial charge in [0.2, 0.25) is 5.91 Å². The van der Waals surface area contributed by atoms with Crippen molar-refractivity contribution < 1.29 is 23.9 Å². The molecule has 1 spiro atoms. The van der Waals surface area contributed by atoms with Crippen LogP contribution in [0.3, 0.4) is 0 Å². The molecule has 2 aliphatic heterocycles. The summed E-state index contributed by atoms with van der Waals surface area (Å²) in [5, 5.41) is 0. The van der Waals surface area contributed by atoms with Crippen molar-refractivity contribution in [2.45, 2.75) is 89.4 Å². The molecule has 6 aliphatic rings. The molecular weight excluding hydrogens is 410 g/mol. The SMILES string of the molecule is CC(C)(C)OC(=O)N1CCCC12CCN(C(=O)OC1C3CC4C[C@H]1C[C@@](C(N)=O)(C4)C3)C2. The topological polar surface area (TPSA) is 102 Å². The minimum Gasteiger partial charge on any atom is -0.446 e. The van der Waals surface area contributed by atoms with Crippen molar-refractivity contribution in [2.24, 2.45) is 28.9 Å². The number of hydrogen-bond donors (Lipinski definition) is 1. The Hall–Kier alpha value is -1.99. The Morgan fingerprint density at radius 2 is 1.66 bits per heavy atom. The molecule has 2 N–H and O–H groups in total. The zero-order valence-electron chi connectivity index (χ0n) is 19.6. The van der Waals surface area contributed by atoms with Crippen molar-refractivity contribution in [1.29, 1.82) is 0 Å². The molecule has 6 atom stereocenters. The van der Waals surface area contributed by atoms with Crippen LogP contribution in [-0.4, -0.2) is 64.8 Å². The van der Waals surface area contributed by atoms with Crippen molar-refractivity contribution in [1.82, 2.24) is 9.80 Å². The van der Waals surface area contributed by atoms with Gasteiger partial charge in [0.1, 0.15) is 11.7 Å². The van der Waals surface area contributed by atoms with Crippen LogP contribution < -0.4 is 5.73 Å². The number of carbonyl (C=O) groups is 3. The lowest BCUT2D eigenvalue weighted by atomic mass is 9.48. The van der Waals surface area contributed by atoms with Gasteiger partial charge in [-0.15, -0.1) is 0 Å². The summed E-state index contributed by atoms with van der Waals surface area (Å²) in [6.45, 7) is 7.38. The summed E-state index contributed by atoms with van der Waals surface area (Å²) < 4.78 is 11.7. The van der Waals surface area contributed by atoms with E-state index in [-0.39, 0.29) is 47.0 Å². The molecule has 0 aromatic rings. The van der Waals surface area contributed by atoms with E-state index in [1.807, 2.05) is 25.7 Å². The molecule has 178 valence electrons. The van der Waals surface area contributed by atoms with Crippen molar-refractivity contribution in [2.75, 3.05) is 19.6 Å². The Morgan fingerprint density at radius 1 is 0.969 bits per heavy atom. The molecule has 4 aliphatic carbocycles. The molecule has 32 heavy (non-hydrogen) atoms. The molecule has 0 aromatic carbocycles. The van der Waals surface area contributed by atoms with Crippen LogP contribution in [0.4, 0.5) is 9.59 Å². The third kappa shape index (κ3) is 3.54. The molecule has 3 amide bonds. The average molecular weight is 448 g/mol. The van der Waals surface area contributed by atoms with E-state index < -0.39 is 5.60 Å². The third-order valence-corrected chi connectivity index (χ3v) is 8.75. The van der Waals surface area contributed by atoms with E-state index in [9.17, 15) is 14.4 Å². The number of carbonyl (C=O) groups excluding carboxylic acids is 3. The van der Waals surface area contributed by atoms with Gasteiger partial charge < -0.3 is 25.0 Å². The Labute approximate surface area is 190 Å². The van der Waals surface area contributed by atoms with Gasteiger partial charge in [-0.3, -0.25) is 4.79 Å². The van der Waals surface area contributed by atoms with E-state index in [4.69, 9.17) is 15.2 Å². The first kappa shape index (κ1) is 21.8. The molecule has 4 saturated carbocycles. The second kappa shape index (κ2) is 7.26. The van der Waals surface area contributed by atoms with Crippen molar-refractivity contribution in [3.63, 3.8) is 0 Å². The predicted octanol–water partition coefficient (Wildman–Crippen LogP) is 3.28. The van der Waals surface area contributed by atoms with Gasteiger partial charge in [0.25, 0.3) is 0 Å². The highest BCUT2D eigenvalue weighted by Crippen LogP contribution is 2.60. The summed E-state index contributed by atoms with van der Waals surface area (Å²) in [5.41, 5.74) is 4.51. The van der Waals surface area contributed by atoms with Crippen LogP contribution in [0, 0.1) is 23.2 Å². The molecule has 2 saturated heterocycles. The van der Waals surface area contributed by atoms with Gasteiger partial charge in [0.05, 0.1) is 11.0 Å². The lowest BCUT2D eigenvalue weighted by Gasteiger charge is -2.58. The Morgan fingerprint density at radius 3 is 2.28 bits per heavy atom. The largest absolute Gasteiger partial charge is 0.446 e. The van der Waals surface area contributed by atoms with Gasteiger partial charge in [-0.2, -0.15) is 0 Å². The van der Waals surface area contributed by atoms with E-state index in [0.29, 0.717) is 25.6 Å². The van der Waals surface area contributed by atoms with Crippen LogP contribution in [-0.2, 0) is 14.3 Å². The number of ether oxygens (including phenoxy) is 2. The number of hydrogen-bond acceptors (Lipinski definition) is 5. The van der Waals surface area contributed by atoms with E-state index in [1.54, 1.807) is 4.90 Å². The van der Waals surface area contributed by atoms with Crippen molar-refractivity contribution in [3.05, 3.63) is 0 Å². The molecule has 2 heterocycles. The molecular formula is C24H37N3O5. The summed E-state index contributed by atoms with van der Waals surface area (Å²) in [4.78, 5) is 41.8. The summed E-state index contributed by atoms with van der Waals surface area (Å²) >= 11 is 0. The summed E-state index contributed by atoms with van der Waals surface area (Å²) in [6.07, 6.45) is 6.35. The second-order valence-corrected chi connectivity index (χ2v) is 12.1. The number of primary amides is 1. The fraction of sp³-hybridized carbons (Fsp3) is 0.875. The first-order valence-corrected chi connectivity index (χ1v) is 12.3. The maximum Gasteiger partial charge on any atom is 0.410 e. The number of nitrogens with two attached hydrogens (primary N) is 1. The zero-order valence-corrected chi connectivity index (χ0v) is 19.6. The first-order chi connectivity index (χ1) is 15.0. The highest BCUT2D eigenvalue weighted by atomic mass is 16.6. The summed E-state index contributed by atoms with van der Waals surface area (Å²) in [7, 11) is 0. The Kier molecular flexibility index (Phi) is 4.95. The van der Waals surface area contributed by atoms with Crippen LogP contribution in [0.1, 0.15) is 72.1 Å². The second-order valence-electron chi connectivity index (χ2n) is 12.1. The Bertz CT molecular complexity index is 807. The number of likely N-dealkylation sites (tertiary alicyclic amines) is 2. The molecule has 0 radical (unpaired) electrons. The quantitative estimate of drug-likeness (QED) is 0.700. The predicted molar refractivity (Wildman–Crippen MR) is 117 cm³/mol. The van der Waals surface area contributed by atoms with Gasteiger partial charge in [0.15, 0.2) is 0 Å². The number of amides is 3. The maximum atomic E-state index is 13.2. The fourth-order valence-corrected chi connectivity index (χ4v) is 7.64. The average Bonchev–Trinajstić information content (AvgIpc) is 3.30. The molecule has 6 fully saturated rings. The highest BCUT2D eigenvalue weighted by Gasteiger charge is 2.59. The smallest absolute Gasteiger partial charge is 0.410 e. The molecule has 8 heteroatoms. The molecule has 4 bridgehead atoms. The van der Waals surface area contributed by atoms with E-state index in [1.165, 1.54) is 0 Å². The minimum absolute atomic E-state index is 0.117. The minimum atomic E-state index is -0.542. The van der Waals surface area contributed by atoms with Crippen LogP contribution >= 0.6 is 0 Å². The van der Waals surface area contributed by atoms with Gasteiger partial charge in [0, 0.05) is 19.6 Å². The van der Waals surface area contributed by atoms with Crippen LogP contribution in [0.5, 0.6) is 0 Å². The lowest BCUT2D eigenvalue weighted by molar-refractivity contribution is -0.161. The van der Waals surface area contributed by atoms with E-state index in [2.05, 4.69) is 0 Å². The van der Waals surface area contributed by atoms with E-state index >= 15 is 0 Å². The standard InChI is InChI=1S/C24H37N3O5/c1-22(2,3)32-21(30)27-7-4-5-24(27)6-8-26(14-24)20(29)31-18-16-9-15-10-17(18)13-23(11-15,12-16)19(25)28/h15-18H,4-14H2,1-3H3,(H2,25,28)/t15?,16-,17?,18?,23-,24?/m0/s1. The zero-order chi connectivity index (χ0) is 22.9. The van der Waals surface area contributed by atoms with Crippen molar-refractivity contribution in [3.8, 4) is 0 Å². The number of nitrogens with zero attached hydrogens (tertiary/aromatic N) is 2. The van der Waals surface area contributed by atoms with Crippen LogP contribution in [0.25, 0.3) is 0 Å². The van der Waals surface area contributed by atoms with Gasteiger partial charge in [-0.1, -0.05) is 0 Å². The maximum absolute atomic E-state index is 13.2. The molecule has 4 unspecified atom stereocenters. The van der Waals surface area contributed by atoms with Gasteiger partial charge in [-0.05, 0) is 89.9 Å². The lowest BCUT2D eigenvalue weighted by Crippen LogP contribution is -2.59. The summed E-state index contributed by atoms with van der Waals surface area (Å²) in [5.74, 6) is 0.829. The summed E-state index contributed by atoms with van der Waals surface area (Å²) in [6, 6.07) is 0. The third-order valence-electron chi connectivity index (χ3n) is 8.75. The molecule has 6 rings (SSSR count). The fourth-order valence-electron chi connectivity index (χ4n) is 7.64. The normalized spacial score (nSPS) is 40.2.